The Kier molecular flexibility index (Phi) is 6.50. The zero-order valence-corrected chi connectivity index (χ0v) is 21.9. The van der Waals surface area contributed by atoms with E-state index in [2.05, 4.69) is 18.8 Å². The molecule has 0 aliphatic carbocycles. The Hall–Kier alpha value is -3.71. The second-order valence-electron chi connectivity index (χ2n) is 9.64. The molecule has 2 aromatic heterocycles. The molecule has 0 radical (unpaired) electrons. The van der Waals surface area contributed by atoms with Gasteiger partial charge in [0.25, 0.3) is 11.5 Å². The number of aryl methyl sites for hydroxylation is 1. The maximum Gasteiger partial charge on any atom is 0.259 e. The van der Waals surface area contributed by atoms with Gasteiger partial charge < -0.3 is 14.2 Å². The first kappa shape index (κ1) is 25.0. The Bertz CT molecular complexity index is 1610. The first-order valence-corrected chi connectivity index (χ1v) is 12.5. The van der Waals surface area contributed by atoms with Crippen molar-refractivity contribution in [3.63, 3.8) is 0 Å². The van der Waals surface area contributed by atoms with Crippen LogP contribution in [0.25, 0.3) is 21.9 Å². The summed E-state index contributed by atoms with van der Waals surface area (Å²) in [7, 11) is 3.15. The predicted molar refractivity (Wildman–Crippen MR) is 143 cm³/mol. The number of methoxy groups -OCH3 is 1. The first-order chi connectivity index (χ1) is 17.7. The largest absolute Gasteiger partial charge is 0.496 e. The first-order valence-electron chi connectivity index (χ1n) is 12.1. The lowest BCUT2D eigenvalue weighted by atomic mass is 9.88. The van der Waals surface area contributed by atoms with E-state index in [-0.39, 0.29) is 40.3 Å². The summed E-state index contributed by atoms with van der Waals surface area (Å²) in [5.41, 5.74) is 4.19. The molecule has 190 valence electrons. The maximum absolute atomic E-state index is 14.8. The Morgan fingerprint density at radius 1 is 1.16 bits per heavy atom. The van der Waals surface area contributed by atoms with Gasteiger partial charge in [-0.3, -0.25) is 14.6 Å². The quantitative estimate of drug-likeness (QED) is 0.346. The normalized spacial score (nSPS) is 13.2. The third-order valence-corrected chi connectivity index (χ3v) is 7.38. The molecule has 0 bridgehead atoms. The molecule has 0 saturated carbocycles. The van der Waals surface area contributed by atoms with Crippen LogP contribution in [0.1, 0.15) is 46.8 Å². The third kappa shape index (κ3) is 4.27. The predicted octanol–water partition coefficient (Wildman–Crippen LogP) is 5.72. The highest BCUT2D eigenvalue weighted by molar-refractivity contribution is 6.34. The van der Waals surface area contributed by atoms with E-state index < -0.39 is 0 Å². The number of fused-ring (bicyclic) bond motifs is 2. The van der Waals surface area contributed by atoms with Crippen molar-refractivity contribution < 1.29 is 13.9 Å². The van der Waals surface area contributed by atoms with E-state index in [1.807, 2.05) is 6.07 Å². The number of carbonyl (C=O) groups is 1. The Balaban J connectivity index is 1.56. The van der Waals surface area contributed by atoms with Crippen LogP contribution in [-0.4, -0.2) is 34.0 Å². The fourth-order valence-electron chi connectivity index (χ4n) is 5.18. The van der Waals surface area contributed by atoms with E-state index in [4.69, 9.17) is 16.3 Å². The standard InChI is InChI=1S/C29H27ClFN3O3/c1-16(2)18-5-6-25(31)23-15-34(10-8-20(18)23)29(36)27-24(30)11-17(12-26(27)37-4)22-14-33(3)28(35)21-13-32-9-7-19(21)22/h5-7,9,11-14,16H,8,10,15H2,1-4H3. The van der Waals surface area contributed by atoms with Crippen molar-refractivity contribution in [1.29, 1.82) is 0 Å². The molecule has 37 heavy (non-hydrogen) atoms. The summed E-state index contributed by atoms with van der Waals surface area (Å²) in [5, 5.41) is 1.42. The van der Waals surface area contributed by atoms with Gasteiger partial charge in [0, 0.05) is 49.9 Å². The van der Waals surface area contributed by atoms with Crippen molar-refractivity contribution in [3.05, 3.63) is 92.4 Å². The highest BCUT2D eigenvalue weighted by Crippen LogP contribution is 2.37. The number of rotatable bonds is 4. The minimum atomic E-state index is -0.317. The summed E-state index contributed by atoms with van der Waals surface area (Å²) in [6.07, 6.45) is 5.46. The molecule has 0 N–H and O–H groups in total. The van der Waals surface area contributed by atoms with Crippen LogP contribution in [0.15, 0.2) is 53.7 Å². The van der Waals surface area contributed by atoms with Gasteiger partial charge in [0.2, 0.25) is 0 Å². The molecular weight excluding hydrogens is 493 g/mol. The van der Waals surface area contributed by atoms with E-state index in [9.17, 15) is 14.0 Å². The van der Waals surface area contributed by atoms with Crippen molar-refractivity contribution in [1.82, 2.24) is 14.5 Å². The number of hydrogen-bond donors (Lipinski definition) is 0. The number of aromatic nitrogens is 2. The number of benzene rings is 2. The number of halogens is 2. The number of ether oxygens (including phenoxy) is 1. The summed E-state index contributed by atoms with van der Waals surface area (Å²) in [6, 6.07) is 8.54. The van der Waals surface area contributed by atoms with E-state index in [0.717, 1.165) is 22.1 Å². The Morgan fingerprint density at radius 3 is 2.68 bits per heavy atom. The number of carbonyl (C=O) groups excluding carboxylic acids is 1. The SMILES string of the molecule is COc1cc(-c2cn(C)c(=O)c3cnccc23)cc(Cl)c1C(=O)N1CCc2c(C(C)C)ccc(F)c2C1. The Morgan fingerprint density at radius 2 is 1.95 bits per heavy atom. The van der Waals surface area contributed by atoms with Crippen molar-refractivity contribution in [2.45, 2.75) is 32.7 Å². The average Bonchev–Trinajstić information content (AvgIpc) is 2.89. The number of nitrogens with zero attached hydrogens (tertiary/aromatic N) is 3. The van der Waals surface area contributed by atoms with Gasteiger partial charge in [-0.1, -0.05) is 31.5 Å². The van der Waals surface area contributed by atoms with Gasteiger partial charge in [-0.15, -0.1) is 0 Å². The molecule has 0 atom stereocenters. The molecule has 1 amide bonds. The van der Waals surface area contributed by atoms with Crippen LogP contribution in [0, 0.1) is 5.82 Å². The van der Waals surface area contributed by atoms with Gasteiger partial charge in [0.15, 0.2) is 0 Å². The highest BCUT2D eigenvalue weighted by atomic mass is 35.5. The van der Waals surface area contributed by atoms with Gasteiger partial charge in [-0.05, 0) is 58.7 Å². The molecule has 6 nitrogen and oxygen atoms in total. The fraction of sp³-hybridized carbons (Fsp3) is 0.276. The molecule has 1 aliphatic heterocycles. The van der Waals surface area contributed by atoms with Crippen LogP contribution in [0.5, 0.6) is 5.75 Å². The third-order valence-electron chi connectivity index (χ3n) is 7.08. The zero-order valence-electron chi connectivity index (χ0n) is 21.1. The van der Waals surface area contributed by atoms with Gasteiger partial charge in [0.1, 0.15) is 17.1 Å². The molecule has 0 fully saturated rings. The van der Waals surface area contributed by atoms with Gasteiger partial charge in [-0.2, -0.15) is 0 Å². The van der Waals surface area contributed by atoms with Gasteiger partial charge in [-0.25, -0.2) is 4.39 Å². The second kappa shape index (κ2) is 9.63. The summed E-state index contributed by atoms with van der Waals surface area (Å²) in [4.78, 5) is 32.0. The highest BCUT2D eigenvalue weighted by Gasteiger charge is 2.29. The van der Waals surface area contributed by atoms with Crippen molar-refractivity contribution in [3.8, 4) is 16.9 Å². The molecule has 5 rings (SSSR count). The number of pyridine rings is 2. The lowest BCUT2D eigenvalue weighted by Crippen LogP contribution is -2.37. The summed E-state index contributed by atoms with van der Waals surface area (Å²) in [6.45, 7) is 4.79. The summed E-state index contributed by atoms with van der Waals surface area (Å²) >= 11 is 6.72. The van der Waals surface area contributed by atoms with Gasteiger partial charge >= 0.3 is 0 Å². The van der Waals surface area contributed by atoms with Crippen LogP contribution in [-0.2, 0) is 20.0 Å². The lowest BCUT2D eigenvalue weighted by Gasteiger charge is -2.32. The van der Waals surface area contributed by atoms with Crippen LogP contribution in [0.4, 0.5) is 4.39 Å². The maximum atomic E-state index is 14.8. The second-order valence-corrected chi connectivity index (χ2v) is 10.0. The molecule has 4 aromatic rings. The van der Waals surface area contributed by atoms with E-state index >= 15 is 0 Å². The van der Waals surface area contributed by atoms with Crippen LogP contribution in [0.3, 0.4) is 0 Å². The Labute approximate surface area is 219 Å². The van der Waals surface area contributed by atoms with Crippen LogP contribution < -0.4 is 10.3 Å². The summed E-state index contributed by atoms with van der Waals surface area (Å²) < 4.78 is 21.9. The van der Waals surface area contributed by atoms with E-state index in [1.54, 1.807) is 42.5 Å². The monoisotopic (exact) mass is 519 g/mol. The van der Waals surface area contributed by atoms with E-state index in [0.29, 0.717) is 35.2 Å². The molecule has 1 aliphatic rings. The molecule has 0 saturated heterocycles. The van der Waals surface area contributed by atoms with Gasteiger partial charge in [0.05, 0.1) is 17.5 Å². The molecule has 2 aromatic carbocycles. The molecular formula is C29H27ClFN3O3. The summed E-state index contributed by atoms with van der Waals surface area (Å²) in [5.74, 6) is -0.0435. The van der Waals surface area contributed by atoms with Crippen molar-refractivity contribution >= 4 is 28.3 Å². The number of hydrogen-bond acceptors (Lipinski definition) is 4. The smallest absolute Gasteiger partial charge is 0.259 e. The topological polar surface area (TPSA) is 64.4 Å². The molecule has 3 heterocycles. The minimum Gasteiger partial charge on any atom is -0.496 e. The fourth-order valence-corrected chi connectivity index (χ4v) is 5.48. The van der Waals surface area contributed by atoms with E-state index in [1.165, 1.54) is 23.9 Å². The van der Waals surface area contributed by atoms with Crippen molar-refractivity contribution in [2.75, 3.05) is 13.7 Å². The molecule has 0 unspecified atom stereocenters. The molecule has 0 spiro atoms. The van der Waals surface area contributed by atoms with Crippen LogP contribution >= 0.6 is 11.6 Å². The molecule has 8 heteroatoms. The zero-order chi connectivity index (χ0) is 26.4. The van der Waals surface area contributed by atoms with Crippen LogP contribution in [0.2, 0.25) is 5.02 Å². The lowest BCUT2D eigenvalue weighted by molar-refractivity contribution is 0.0729. The van der Waals surface area contributed by atoms with Crippen molar-refractivity contribution in [2.24, 2.45) is 7.05 Å². The number of amides is 1. The minimum absolute atomic E-state index is 0.157. The average molecular weight is 520 g/mol.